The van der Waals surface area contributed by atoms with Gasteiger partial charge in [0.1, 0.15) is 0 Å². The molecule has 192 valence electrons. The van der Waals surface area contributed by atoms with Crippen LogP contribution in [0.1, 0.15) is 0 Å². The first-order chi connectivity index (χ1) is 19.8. The Bertz CT molecular complexity index is 1780. The smallest absolute Gasteiger partial charge is 0.191 e. The number of aromatic nitrogens is 8. The van der Waals surface area contributed by atoms with Gasteiger partial charge in [0, 0.05) is 0 Å². The summed E-state index contributed by atoms with van der Waals surface area (Å²) in [6, 6.07) is 34.8. The van der Waals surface area contributed by atoms with E-state index >= 15 is 0 Å². The molecule has 0 unspecified atom stereocenters. The number of fused-ring (bicyclic) bond motifs is 20. The van der Waals surface area contributed by atoms with Gasteiger partial charge in [-0.05, 0) is 48.5 Å². The molecule has 8 bridgehead atoms. The Balaban J connectivity index is 1.33. The first-order valence-corrected chi connectivity index (χ1v) is 13.7. The van der Waals surface area contributed by atoms with Gasteiger partial charge in [-0.2, -0.15) is 36.5 Å². The second kappa shape index (κ2) is 8.13. The van der Waals surface area contributed by atoms with Crippen molar-refractivity contribution in [1.29, 1.82) is 0 Å². The minimum atomic E-state index is 0.722. The maximum absolute atomic E-state index is 2.36. The van der Waals surface area contributed by atoms with Gasteiger partial charge >= 0.3 is 0 Å². The number of para-hydroxylation sites is 8. The molecule has 5 heterocycles. The Kier molecular flexibility index (Phi) is 4.40. The van der Waals surface area contributed by atoms with Crippen molar-refractivity contribution in [3.63, 3.8) is 0 Å². The van der Waals surface area contributed by atoms with E-state index in [0.29, 0.717) is 0 Å². The lowest BCUT2D eigenvalue weighted by Crippen LogP contribution is -2.51. The summed E-state index contributed by atoms with van der Waals surface area (Å²) in [5, 5.41) is 0. The molecular formula is C32H28N8+4. The first kappa shape index (κ1) is 21.7. The van der Waals surface area contributed by atoms with Gasteiger partial charge in [0.2, 0.25) is 26.7 Å². The van der Waals surface area contributed by atoms with E-state index < -0.39 is 0 Å². The first-order valence-electron chi connectivity index (χ1n) is 13.7. The van der Waals surface area contributed by atoms with Crippen molar-refractivity contribution in [2.45, 2.75) is 26.7 Å². The number of hydrogen-bond donors (Lipinski definition) is 0. The zero-order valence-electron chi connectivity index (χ0n) is 22.0. The standard InChI is InChI=1S/C32H28N8/c1-2-10-26-25(9-1)33-17-34(26)22-36-19-38(30-14-6-5-13-29(30)36)24-40-20-39(31-15-7-8-16-32(31)40)23-37-18-35(21-33)27-11-3-4-12-28(27)37/h1-20H,21-24H2/q+4. The third-order valence-corrected chi connectivity index (χ3v) is 8.34. The van der Waals surface area contributed by atoms with Gasteiger partial charge in [0.05, 0.1) is 0 Å². The van der Waals surface area contributed by atoms with E-state index in [-0.39, 0.29) is 0 Å². The van der Waals surface area contributed by atoms with Crippen LogP contribution in [0.5, 0.6) is 0 Å². The zero-order chi connectivity index (χ0) is 26.2. The lowest BCUT2D eigenvalue weighted by atomic mass is 10.3. The van der Waals surface area contributed by atoms with E-state index in [1.807, 2.05) is 0 Å². The molecule has 0 atom stereocenters. The van der Waals surface area contributed by atoms with Crippen LogP contribution in [-0.4, -0.2) is 18.3 Å². The Morgan fingerprint density at radius 2 is 0.700 bits per heavy atom. The summed E-state index contributed by atoms with van der Waals surface area (Å²) >= 11 is 0. The lowest BCUT2D eigenvalue weighted by Gasteiger charge is -1.96. The normalized spacial score (nSPS) is 13.6. The summed E-state index contributed by atoms with van der Waals surface area (Å²) in [6.07, 6.45) is 9.04. The SMILES string of the molecule is c1ccc2c(c1)n1c[n+]2Cn2c[n+](c3ccccc32)C[n+]2cn(c3ccccc32)C[n+]2cn(c3ccccc32)C1. The Morgan fingerprint density at radius 3 is 1.12 bits per heavy atom. The second-order valence-electron chi connectivity index (χ2n) is 10.7. The van der Waals surface area contributed by atoms with Crippen LogP contribution in [0.15, 0.2) is 122 Å². The molecule has 0 saturated carbocycles. The highest BCUT2D eigenvalue weighted by molar-refractivity contribution is 5.74. The Morgan fingerprint density at radius 1 is 0.375 bits per heavy atom. The molecule has 4 aromatic carbocycles. The summed E-state index contributed by atoms with van der Waals surface area (Å²) in [7, 11) is 0. The highest BCUT2D eigenvalue weighted by Gasteiger charge is 2.27. The minimum absolute atomic E-state index is 0.722. The number of benzene rings is 4. The van der Waals surface area contributed by atoms with Gasteiger partial charge in [0.25, 0.3) is 25.3 Å². The quantitative estimate of drug-likeness (QED) is 0.274. The molecule has 1 aliphatic rings. The maximum atomic E-state index is 2.36. The van der Waals surface area contributed by atoms with Crippen LogP contribution in [0.4, 0.5) is 0 Å². The Labute approximate surface area is 229 Å². The number of rotatable bonds is 0. The summed E-state index contributed by atoms with van der Waals surface area (Å²) in [5.41, 5.74) is 9.75. The van der Waals surface area contributed by atoms with Gasteiger partial charge in [-0.1, -0.05) is 48.5 Å². The molecule has 0 saturated heterocycles. The molecule has 0 N–H and O–H groups in total. The average molecular weight is 525 g/mol. The van der Waals surface area contributed by atoms with Crippen molar-refractivity contribution < 1.29 is 18.3 Å². The molecule has 0 radical (unpaired) electrons. The number of nitrogens with zero attached hydrogens (tertiary/aromatic N) is 8. The van der Waals surface area contributed by atoms with Gasteiger partial charge in [-0.15, -0.1) is 0 Å². The van der Waals surface area contributed by atoms with E-state index in [2.05, 4.69) is 159 Å². The maximum Gasteiger partial charge on any atom is 0.251 e. The fourth-order valence-electron chi connectivity index (χ4n) is 6.53. The largest absolute Gasteiger partial charge is 0.251 e. The predicted octanol–water partition coefficient (Wildman–Crippen LogP) is 2.99. The third-order valence-electron chi connectivity index (χ3n) is 8.34. The zero-order valence-corrected chi connectivity index (χ0v) is 22.0. The molecule has 4 aromatic heterocycles. The van der Waals surface area contributed by atoms with Gasteiger partial charge in [-0.25, -0.2) is 0 Å². The molecule has 0 amide bonds. The van der Waals surface area contributed by atoms with Crippen molar-refractivity contribution in [3.8, 4) is 0 Å². The monoisotopic (exact) mass is 524 g/mol. The van der Waals surface area contributed by atoms with Crippen LogP contribution in [0.3, 0.4) is 0 Å². The molecule has 8 aromatic rings. The molecule has 40 heavy (non-hydrogen) atoms. The van der Waals surface area contributed by atoms with Crippen LogP contribution in [-0.2, 0) is 26.7 Å². The Hall–Kier alpha value is -5.24. The van der Waals surface area contributed by atoms with Crippen LogP contribution in [0.2, 0.25) is 0 Å². The van der Waals surface area contributed by atoms with Crippen LogP contribution in [0, 0.1) is 0 Å². The highest BCUT2D eigenvalue weighted by atomic mass is 15.3. The van der Waals surface area contributed by atoms with Gasteiger partial charge < -0.3 is 0 Å². The number of hydrogen-bond acceptors (Lipinski definition) is 0. The summed E-state index contributed by atoms with van der Waals surface area (Å²) < 4.78 is 18.9. The molecule has 0 fully saturated rings. The molecule has 1 aliphatic heterocycles. The van der Waals surface area contributed by atoms with Crippen molar-refractivity contribution in [2.24, 2.45) is 0 Å². The van der Waals surface area contributed by atoms with Crippen LogP contribution < -0.4 is 18.3 Å². The van der Waals surface area contributed by atoms with Crippen molar-refractivity contribution in [1.82, 2.24) is 18.3 Å². The third kappa shape index (κ3) is 3.13. The topological polar surface area (TPSA) is 35.2 Å². The van der Waals surface area contributed by atoms with E-state index in [4.69, 9.17) is 0 Å². The van der Waals surface area contributed by atoms with E-state index in [1.54, 1.807) is 0 Å². The molecule has 8 heteroatoms. The van der Waals surface area contributed by atoms with E-state index in [9.17, 15) is 0 Å². The van der Waals surface area contributed by atoms with Crippen molar-refractivity contribution in [3.05, 3.63) is 122 Å². The summed E-state index contributed by atoms with van der Waals surface area (Å²) in [6.45, 7) is 2.89. The van der Waals surface area contributed by atoms with Crippen molar-refractivity contribution in [2.75, 3.05) is 0 Å². The minimum Gasteiger partial charge on any atom is -0.191 e. The van der Waals surface area contributed by atoms with E-state index in [1.165, 1.54) is 44.1 Å². The fraction of sp³-hybridized carbons (Fsp3) is 0.125. The van der Waals surface area contributed by atoms with Gasteiger partial charge in [-0.3, -0.25) is 0 Å². The second-order valence-corrected chi connectivity index (χ2v) is 10.7. The highest BCUT2D eigenvalue weighted by Crippen LogP contribution is 2.18. The van der Waals surface area contributed by atoms with Crippen molar-refractivity contribution >= 4 is 44.1 Å². The molecule has 0 spiro atoms. The average Bonchev–Trinajstić information content (AvgIpc) is 3.73. The number of imidazole rings is 4. The molecule has 8 nitrogen and oxygen atoms in total. The summed E-state index contributed by atoms with van der Waals surface area (Å²) in [4.78, 5) is 0. The van der Waals surface area contributed by atoms with Crippen LogP contribution >= 0.6 is 0 Å². The summed E-state index contributed by atoms with van der Waals surface area (Å²) in [5.74, 6) is 0. The molecule has 9 rings (SSSR count). The van der Waals surface area contributed by atoms with E-state index in [0.717, 1.165) is 26.7 Å². The molecular weight excluding hydrogens is 496 g/mol. The fourth-order valence-corrected chi connectivity index (χ4v) is 6.53. The molecule has 0 aliphatic carbocycles. The predicted molar refractivity (Wildman–Crippen MR) is 150 cm³/mol. The van der Waals surface area contributed by atoms with Gasteiger partial charge in [0.15, 0.2) is 44.1 Å². The van der Waals surface area contributed by atoms with Crippen LogP contribution in [0.25, 0.3) is 44.1 Å². The lowest BCUT2D eigenvalue weighted by molar-refractivity contribution is -0.891.